The fraction of sp³-hybridized carbons (Fsp3) is 0.400. The molecule has 4 nitrogen and oxygen atoms in total. The van der Waals surface area contributed by atoms with Gasteiger partial charge in [-0.3, -0.25) is 4.79 Å². The first kappa shape index (κ1) is 13.6. The summed E-state index contributed by atoms with van der Waals surface area (Å²) < 4.78 is 5.27. The third-order valence-corrected chi connectivity index (χ3v) is 2.95. The predicted octanol–water partition coefficient (Wildman–Crippen LogP) is 2.63. The van der Waals surface area contributed by atoms with Crippen molar-refractivity contribution in [2.24, 2.45) is 0 Å². The van der Waals surface area contributed by atoms with Crippen molar-refractivity contribution in [2.75, 3.05) is 6.54 Å². The fourth-order valence-electron chi connectivity index (χ4n) is 2.15. The van der Waals surface area contributed by atoms with Crippen LogP contribution < -0.4 is 10.1 Å². The monoisotopic (exact) mass is 260 g/mol. The van der Waals surface area contributed by atoms with Gasteiger partial charge in [0.2, 0.25) is 0 Å². The van der Waals surface area contributed by atoms with Crippen molar-refractivity contribution in [3.8, 4) is 5.75 Å². The molecule has 4 heteroatoms. The molecule has 0 saturated carbocycles. The van der Waals surface area contributed by atoms with Crippen molar-refractivity contribution in [1.82, 2.24) is 10.3 Å². The van der Waals surface area contributed by atoms with E-state index >= 15 is 0 Å². The number of carbonyl (C=O) groups is 1. The topological polar surface area (TPSA) is 54.1 Å². The zero-order valence-electron chi connectivity index (χ0n) is 11.6. The van der Waals surface area contributed by atoms with E-state index in [0.29, 0.717) is 11.8 Å². The molecule has 0 spiro atoms. The van der Waals surface area contributed by atoms with Crippen LogP contribution in [-0.4, -0.2) is 23.5 Å². The third-order valence-electron chi connectivity index (χ3n) is 2.95. The van der Waals surface area contributed by atoms with E-state index in [2.05, 4.69) is 24.1 Å². The van der Waals surface area contributed by atoms with E-state index in [-0.39, 0.29) is 5.97 Å². The smallest absolute Gasteiger partial charge is 0.308 e. The van der Waals surface area contributed by atoms with Gasteiger partial charge in [-0.1, -0.05) is 19.9 Å². The Hall–Kier alpha value is -1.81. The first-order chi connectivity index (χ1) is 9.08. The summed E-state index contributed by atoms with van der Waals surface area (Å²) in [6.45, 7) is 6.57. The predicted molar refractivity (Wildman–Crippen MR) is 76.5 cm³/mol. The van der Waals surface area contributed by atoms with Gasteiger partial charge in [-0.25, -0.2) is 0 Å². The van der Waals surface area contributed by atoms with Crippen molar-refractivity contribution in [1.29, 1.82) is 0 Å². The number of fused-ring (bicyclic) bond motifs is 1. The minimum atomic E-state index is -0.292. The Morgan fingerprint density at radius 3 is 2.89 bits per heavy atom. The lowest BCUT2D eigenvalue weighted by Gasteiger charge is -2.08. The Labute approximate surface area is 113 Å². The highest BCUT2D eigenvalue weighted by molar-refractivity contribution is 5.91. The van der Waals surface area contributed by atoms with Gasteiger partial charge < -0.3 is 15.0 Å². The van der Waals surface area contributed by atoms with Crippen molar-refractivity contribution in [3.63, 3.8) is 0 Å². The first-order valence-electron chi connectivity index (χ1n) is 6.58. The Bertz CT molecular complexity index is 573. The maximum atomic E-state index is 11.1. The minimum absolute atomic E-state index is 0.292. The number of carbonyl (C=O) groups excluding carboxylic acids is 1. The van der Waals surface area contributed by atoms with Gasteiger partial charge in [-0.05, 0) is 30.7 Å². The van der Waals surface area contributed by atoms with Gasteiger partial charge in [0.25, 0.3) is 0 Å². The Kier molecular flexibility index (Phi) is 4.22. The number of aromatic amines is 1. The Morgan fingerprint density at radius 1 is 1.42 bits per heavy atom. The second kappa shape index (κ2) is 5.89. The summed E-state index contributed by atoms with van der Waals surface area (Å²) in [6, 6.07) is 6.17. The average molecular weight is 260 g/mol. The summed E-state index contributed by atoms with van der Waals surface area (Å²) in [6.07, 6.45) is 2.89. The second-order valence-corrected chi connectivity index (χ2v) is 4.95. The highest BCUT2D eigenvalue weighted by Crippen LogP contribution is 2.29. The number of hydrogen-bond acceptors (Lipinski definition) is 3. The molecule has 1 aromatic heterocycles. The van der Waals surface area contributed by atoms with E-state index in [1.165, 1.54) is 12.5 Å². The third kappa shape index (κ3) is 3.35. The standard InChI is InChI=1S/C15H20N2O2/c1-10(2)16-8-7-12-9-17-13-5-4-6-14(15(12)13)19-11(3)18/h4-6,9-10,16-17H,7-8H2,1-3H3. The summed E-state index contributed by atoms with van der Waals surface area (Å²) in [4.78, 5) is 14.4. The molecule has 0 aliphatic heterocycles. The maximum absolute atomic E-state index is 11.1. The van der Waals surface area contributed by atoms with Crippen LogP contribution in [0, 0.1) is 0 Å². The van der Waals surface area contributed by atoms with Crippen molar-refractivity contribution in [2.45, 2.75) is 33.2 Å². The van der Waals surface area contributed by atoms with Gasteiger partial charge in [0, 0.05) is 30.1 Å². The van der Waals surface area contributed by atoms with Crippen LogP contribution in [0.5, 0.6) is 5.75 Å². The molecule has 0 atom stereocenters. The molecule has 0 aliphatic rings. The van der Waals surface area contributed by atoms with Crippen molar-refractivity contribution in [3.05, 3.63) is 30.0 Å². The van der Waals surface area contributed by atoms with E-state index in [1.54, 1.807) is 0 Å². The number of H-pyrrole nitrogens is 1. The molecule has 2 N–H and O–H groups in total. The SMILES string of the molecule is CC(=O)Oc1cccc2[nH]cc(CCNC(C)C)c12. The van der Waals surface area contributed by atoms with E-state index in [4.69, 9.17) is 4.74 Å². The normalized spacial score (nSPS) is 11.2. The van der Waals surface area contributed by atoms with Gasteiger partial charge in [0.15, 0.2) is 0 Å². The van der Waals surface area contributed by atoms with Crippen LogP contribution in [-0.2, 0) is 11.2 Å². The maximum Gasteiger partial charge on any atom is 0.308 e. The minimum Gasteiger partial charge on any atom is -0.426 e. The molecule has 0 radical (unpaired) electrons. The van der Waals surface area contributed by atoms with Crippen LogP contribution in [0.15, 0.2) is 24.4 Å². The van der Waals surface area contributed by atoms with Crippen molar-refractivity contribution >= 4 is 16.9 Å². The molecule has 0 bridgehead atoms. The second-order valence-electron chi connectivity index (χ2n) is 4.95. The number of benzene rings is 1. The molecule has 102 valence electrons. The lowest BCUT2D eigenvalue weighted by atomic mass is 10.1. The molecule has 0 fully saturated rings. The van der Waals surface area contributed by atoms with E-state index in [0.717, 1.165) is 23.9 Å². The van der Waals surface area contributed by atoms with Crippen LogP contribution in [0.2, 0.25) is 0 Å². The van der Waals surface area contributed by atoms with E-state index < -0.39 is 0 Å². The molecular formula is C15H20N2O2. The largest absolute Gasteiger partial charge is 0.426 e. The van der Waals surface area contributed by atoms with Crippen molar-refractivity contribution < 1.29 is 9.53 Å². The van der Waals surface area contributed by atoms with Crippen LogP contribution in [0.3, 0.4) is 0 Å². The highest BCUT2D eigenvalue weighted by Gasteiger charge is 2.10. The Morgan fingerprint density at radius 2 is 2.21 bits per heavy atom. The Balaban J connectivity index is 2.26. The summed E-state index contributed by atoms with van der Waals surface area (Å²) in [5.41, 5.74) is 2.17. The van der Waals surface area contributed by atoms with Gasteiger partial charge in [-0.2, -0.15) is 0 Å². The zero-order chi connectivity index (χ0) is 13.8. The molecule has 0 saturated heterocycles. The van der Waals surface area contributed by atoms with Crippen LogP contribution >= 0.6 is 0 Å². The number of hydrogen-bond donors (Lipinski definition) is 2. The average Bonchev–Trinajstić information content (AvgIpc) is 2.72. The van der Waals surface area contributed by atoms with Gasteiger partial charge in [-0.15, -0.1) is 0 Å². The van der Waals surface area contributed by atoms with Crippen LogP contribution in [0.1, 0.15) is 26.3 Å². The molecule has 1 heterocycles. The lowest BCUT2D eigenvalue weighted by molar-refractivity contribution is -0.131. The number of aromatic nitrogens is 1. The number of rotatable bonds is 5. The first-order valence-corrected chi connectivity index (χ1v) is 6.58. The highest BCUT2D eigenvalue weighted by atomic mass is 16.5. The molecule has 1 aromatic carbocycles. The van der Waals surface area contributed by atoms with E-state index in [1.807, 2.05) is 24.4 Å². The quantitative estimate of drug-likeness (QED) is 0.642. The lowest BCUT2D eigenvalue weighted by Crippen LogP contribution is -2.24. The number of nitrogens with one attached hydrogen (secondary N) is 2. The molecule has 19 heavy (non-hydrogen) atoms. The van der Waals surface area contributed by atoms with Gasteiger partial charge in [0.1, 0.15) is 5.75 Å². The molecule has 2 rings (SSSR count). The summed E-state index contributed by atoms with van der Waals surface area (Å²) in [7, 11) is 0. The molecule has 2 aromatic rings. The summed E-state index contributed by atoms with van der Waals surface area (Å²) in [5, 5.41) is 4.39. The van der Waals surface area contributed by atoms with Crippen LogP contribution in [0.25, 0.3) is 10.9 Å². The number of esters is 1. The summed E-state index contributed by atoms with van der Waals surface area (Å²) >= 11 is 0. The van der Waals surface area contributed by atoms with Gasteiger partial charge in [0.05, 0.1) is 0 Å². The molecule has 0 unspecified atom stereocenters. The molecule has 0 aliphatic carbocycles. The van der Waals surface area contributed by atoms with E-state index in [9.17, 15) is 4.79 Å². The fourth-order valence-corrected chi connectivity index (χ4v) is 2.15. The van der Waals surface area contributed by atoms with Gasteiger partial charge >= 0.3 is 5.97 Å². The van der Waals surface area contributed by atoms with Crippen LogP contribution in [0.4, 0.5) is 0 Å². The molecular weight excluding hydrogens is 240 g/mol. The number of ether oxygens (including phenoxy) is 1. The molecule has 0 amide bonds. The zero-order valence-corrected chi connectivity index (χ0v) is 11.6. The summed E-state index contributed by atoms with van der Waals surface area (Å²) in [5.74, 6) is 0.339.